The Bertz CT molecular complexity index is 948. The van der Waals surface area contributed by atoms with Gasteiger partial charge in [-0.25, -0.2) is 9.59 Å². The predicted octanol–water partition coefficient (Wildman–Crippen LogP) is 4.68. The molecule has 29 heavy (non-hydrogen) atoms. The van der Waals surface area contributed by atoms with E-state index >= 15 is 0 Å². The molecule has 2 N–H and O–H groups in total. The van der Waals surface area contributed by atoms with Crippen LogP contribution in [0.3, 0.4) is 0 Å². The highest BCUT2D eigenvalue weighted by Crippen LogP contribution is 2.30. The molecule has 0 aromatic heterocycles. The average Bonchev–Trinajstić information content (AvgIpc) is 2.69. The second-order valence-electron chi connectivity index (χ2n) is 7.12. The molecule has 0 radical (unpaired) electrons. The minimum atomic E-state index is -0.580. The molecule has 2 aromatic carbocycles. The zero-order valence-corrected chi connectivity index (χ0v) is 17.2. The third kappa shape index (κ3) is 4.77. The monoisotopic (exact) mass is 394 g/mol. The van der Waals surface area contributed by atoms with E-state index in [1.54, 1.807) is 6.92 Å². The van der Waals surface area contributed by atoms with E-state index in [0.29, 0.717) is 23.6 Å². The minimum Gasteiger partial charge on any atom is -0.462 e. The van der Waals surface area contributed by atoms with Crippen LogP contribution in [0.4, 0.5) is 4.79 Å². The quantitative estimate of drug-likeness (QED) is 0.698. The molecule has 0 saturated carbocycles. The standard InChI is InChI=1S/C23H26N2O4/c1-5-12-28-22(26)20-16(4)24-23(27)25-21(20)17-7-10-18(11-8-17)29-19-9-6-14(2)15(3)13-19/h6-11,13,21H,5,12H2,1-4H3,(H2,24,25,27). The third-order valence-corrected chi connectivity index (χ3v) is 4.85. The molecular formula is C23H26N2O4. The number of ether oxygens (including phenoxy) is 2. The molecule has 1 heterocycles. The summed E-state index contributed by atoms with van der Waals surface area (Å²) >= 11 is 0. The Labute approximate surface area is 170 Å². The van der Waals surface area contributed by atoms with Crippen molar-refractivity contribution in [3.05, 3.63) is 70.4 Å². The summed E-state index contributed by atoms with van der Waals surface area (Å²) in [5.74, 6) is 1.00. The Morgan fingerprint density at radius 1 is 1.00 bits per heavy atom. The van der Waals surface area contributed by atoms with Crippen molar-refractivity contribution >= 4 is 12.0 Å². The number of esters is 1. The van der Waals surface area contributed by atoms with Crippen molar-refractivity contribution in [3.8, 4) is 11.5 Å². The van der Waals surface area contributed by atoms with Crippen LogP contribution in [0.15, 0.2) is 53.7 Å². The fourth-order valence-corrected chi connectivity index (χ4v) is 3.13. The third-order valence-electron chi connectivity index (χ3n) is 4.85. The number of amides is 2. The maximum atomic E-state index is 12.5. The van der Waals surface area contributed by atoms with E-state index in [1.807, 2.05) is 56.3 Å². The Morgan fingerprint density at radius 2 is 1.69 bits per heavy atom. The number of urea groups is 1. The highest BCUT2D eigenvalue weighted by Gasteiger charge is 2.32. The van der Waals surface area contributed by atoms with Crippen molar-refractivity contribution in [1.82, 2.24) is 10.6 Å². The first kappa shape index (κ1) is 20.5. The molecule has 0 saturated heterocycles. The van der Waals surface area contributed by atoms with Crippen LogP contribution >= 0.6 is 0 Å². The van der Waals surface area contributed by atoms with Crippen LogP contribution in [0.2, 0.25) is 0 Å². The second kappa shape index (κ2) is 8.82. The van der Waals surface area contributed by atoms with Gasteiger partial charge in [-0.3, -0.25) is 0 Å². The van der Waals surface area contributed by atoms with Crippen LogP contribution in [0.5, 0.6) is 11.5 Å². The molecule has 0 bridgehead atoms. The largest absolute Gasteiger partial charge is 0.462 e. The number of aryl methyl sites for hydroxylation is 2. The summed E-state index contributed by atoms with van der Waals surface area (Å²) in [5, 5.41) is 5.45. The molecule has 1 unspecified atom stereocenters. The second-order valence-corrected chi connectivity index (χ2v) is 7.12. The lowest BCUT2D eigenvalue weighted by atomic mass is 9.95. The number of hydrogen-bond acceptors (Lipinski definition) is 4. The van der Waals surface area contributed by atoms with Gasteiger partial charge in [-0.2, -0.15) is 0 Å². The number of carbonyl (C=O) groups is 2. The van der Waals surface area contributed by atoms with Gasteiger partial charge in [0.15, 0.2) is 0 Å². The topological polar surface area (TPSA) is 76.7 Å². The SMILES string of the molecule is CCCOC(=O)C1=C(C)NC(=O)NC1c1ccc(Oc2ccc(C)c(C)c2)cc1. The summed E-state index contributed by atoms with van der Waals surface area (Å²) in [6, 6.07) is 12.3. The van der Waals surface area contributed by atoms with Crippen molar-refractivity contribution in [1.29, 1.82) is 0 Å². The van der Waals surface area contributed by atoms with Gasteiger partial charge in [0.1, 0.15) is 11.5 Å². The summed E-state index contributed by atoms with van der Waals surface area (Å²) < 4.78 is 11.2. The fourth-order valence-electron chi connectivity index (χ4n) is 3.13. The van der Waals surface area contributed by atoms with Crippen LogP contribution in [-0.4, -0.2) is 18.6 Å². The molecule has 6 heteroatoms. The Hall–Kier alpha value is -3.28. The van der Waals surface area contributed by atoms with E-state index in [2.05, 4.69) is 17.6 Å². The van der Waals surface area contributed by atoms with Gasteiger partial charge in [0, 0.05) is 5.70 Å². The lowest BCUT2D eigenvalue weighted by Crippen LogP contribution is -2.45. The zero-order valence-electron chi connectivity index (χ0n) is 17.2. The summed E-state index contributed by atoms with van der Waals surface area (Å²) in [5.41, 5.74) is 4.04. The molecule has 6 nitrogen and oxygen atoms in total. The van der Waals surface area contributed by atoms with Crippen molar-refractivity contribution in [2.45, 2.75) is 40.2 Å². The maximum Gasteiger partial charge on any atom is 0.338 e. The normalized spacial score (nSPS) is 16.1. The molecule has 0 spiro atoms. The molecule has 3 rings (SSSR count). The molecule has 2 aromatic rings. The molecule has 1 aliphatic heterocycles. The van der Waals surface area contributed by atoms with E-state index in [4.69, 9.17) is 9.47 Å². The summed E-state index contributed by atoms with van der Waals surface area (Å²) in [6.45, 7) is 8.06. The minimum absolute atomic E-state index is 0.332. The highest BCUT2D eigenvalue weighted by atomic mass is 16.5. The van der Waals surface area contributed by atoms with Crippen molar-refractivity contribution in [3.63, 3.8) is 0 Å². The number of nitrogens with one attached hydrogen (secondary N) is 2. The lowest BCUT2D eigenvalue weighted by molar-refractivity contribution is -0.139. The predicted molar refractivity (Wildman–Crippen MR) is 111 cm³/mol. The summed E-state index contributed by atoms with van der Waals surface area (Å²) in [4.78, 5) is 24.5. The Morgan fingerprint density at radius 3 is 2.34 bits per heavy atom. The van der Waals surface area contributed by atoms with Crippen molar-refractivity contribution < 1.29 is 19.1 Å². The Kier molecular flexibility index (Phi) is 6.22. The van der Waals surface area contributed by atoms with Crippen LogP contribution in [0.25, 0.3) is 0 Å². The molecule has 0 fully saturated rings. The zero-order chi connectivity index (χ0) is 21.0. The highest BCUT2D eigenvalue weighted by molar-refractivity contribution is 5.95. The van der Waals surface area contributed by atoms with E-state index < -0.39 is 12.0 Å². The van der Waals surface area contributed by atoms with Crippen LogP contribution in [0.1, 0.15) is 43.0 Å². The van der Waals surface area contributed by atoms with Gasteiger partial charge < -0.3 is 20.1 Å². The maximum absolute atomic E-state index is 12.5. The number of allylic oxidation sites excluding steroid dienone is 1. The van der Waals surface area contributed by atoms with E-state index in [1.165, 1.54) is 5.56 Å². The van der Waals surface area contributed by atoms with Crippen LogP contribution in [-0.2, 0) is 9.53 Å². The number of hydrogen-bond donors (Lipinski definition) is 2. The number of carbonyl (C=O) groups excluding carboxylic acids is 2. The van der Waals surface area contributed by atoms with Gasteiger partial charge in [0.05, 0.1) is 18.2 Å². The summed E-state index contributed by atoms with van der Waals surface area (Å²) in [6.07, 6.45) is 0.729. The van der Waals surface area contributed by atoms with E-state index in [0.717, 1.165) is 23.3 Å². The van der Waals surface area contributed by atoms with Gasteiger partial charge >= 0.3 is 12.0 Å². The van der Waals surface area contributed by atoms with Crippen LogP contribution in [0, 0.1) is 13.8 Å². The first-order valence-corrected chi connectivity index (χ1v) is 9.69. The number of benzene rings is 2. The Balaban J connectivity index is 1.82. The number of rotatable bonds is 6. The lowest BCUT2D eigenvalue weighted by Gasteiger charge is -2.28. The smallest absolute Gasteiger partial charge is 0.338 e. The molecule has 152 valence electrons. The van der Waals surface area contributed by atoms with Crippen LogP contribution < -0.4 is 15.4 Å². The molecule has 1 atom stereocenters. The molecule has 2 amide bonds. The van der Waals surface area contributed by atoms with Gasteiger partial charge in [-0.05, 0) is 68.1 Å². The molecule has 0 aliphatic carbocycles. The van der Waals surface area contributed by atoms with E-state index in [9.17, 15) is 9.59 Å². The summed E-state index contributed by atoms with van der Waals surface area (Å²) in [7, 11) is 0. The molecular weight excluding hydrogens is 368 g/mol. The first-order valence-electron chi connectivity index (χ1n) is 9.69. The van der Waals surface area contributed by atoms with Gasteiger partial charge in [-0.1, -0.05) is 25.1 Å². The van der Waals surface area contributed by atoms with Gasteiger partial charge in [0.25, 0.3) is 0 Å². The fraction of sp³-hybridized carbons (Fsp3) is 0.304. The van der Waals surface area contributed by atoms with Gasteiger partial charge in [0.2, 0.25) is 0 Å². The van der Waals surface area contributed by atoms with Crippen molar-refractivity contribution in [2.24, 2.45) is 0 Å². The van der Waals surface area contributed by atoms with Gasteiger partial charge in [-0.15, -0.1) is 0 Å². The average molecular weight is 394 g/mol. The van der Waals surface area contributed by atoms with Crippen molar-refractivity contribution in [2.75, 3.05) is 6.61 Å². The first-order chi connectivity index (χ1) is 13.9. The molecule has 1 aliphatic rings. The van der Waals surface area contributed by atoms with E-state index in [-0.39, 0.29) is 6.03 Å².